The average molecular weight is 209 g/mol. The third-order valence-corrected chi connectivity index (χ3v) is 2.53. The molecule has 15 heavy (non-hydrogen) atoms. The van der Waals surface area contributed by atoms with Gasteiger partial charge in [0.2, 0.25) is 0 Å². The van der Waals surface area contributed by atoms with E-state index >= 15 is 0 Å². The Balaban J connectivity index is 2.14. The van der Waals surface area contributed by atoms with E-state index in [9.17, 15) is 9.59 Å². The van der Waals surface area contributed by atoms with Gasteiger partial charge in [-0.1, -0.05) is 0 Å². The summed E-state index contributed by atoms with van der Waals surface area (Å²) >= 11 is 0. The summed E-state index contributed by atoms with van der Waals surface area (Å²) in [6, 6.07) is 1.38. The van der Waals surface area contributed by atoms with Gasteiger partial charge in [0.1, 0.15) is 5.82 Å². The number of carboxylic acid groups (broad SMARTS) is 1. The molecule has 1 aliphatic rings. The average Bonchev–Trinajstić information content (AvgIpc) is 2.66. The van der Waals surface area contributed by atoms with Crippen LogP contribution in [0, 0.1) is 5.92 Å². The molecule has 1 aromatic heterocycles. The van der Waals surface area contributed by atoms with Crippen LogP contribution in [-0.4, -0.2) is 34.1 Å². The topological polar surface area (TPSA) is 86.3 Å². The van der Waals surface area contributed by atoms with Crippen LogP contribution in [-0.2, 0) is 4.79 Å². The zero-order valence-corrected chi connectivity index (χ0v) is 8.01. The maximum absolute atomic E-state index is 11.0. The van der Waals surface area contributed by atoms with Crippen LogP contribution in [0.2, 0.25) is 0 Å². The molecule has 0 amide bonds. The minimum Gasteiger partial charge on any atom is -0.481 e. The lowest BCUT2D eigenvalue weighted by molar-refractivity contribution is -0.140. The Labute approximate surface area is 85.6 Å². The van der Waals surface area contributed by atoms with Crippen molar-refractivity contribution in [3.8, 4) is 0 Å². The lowest BCUT2D eigenvalue weighted by Crippen LogP contribution is -2.24. The minimum absolute atomic E-state index is 0.223. The molecule has 0 saturated carbocycles. The fraction of sp³-hybridized carbons (Fsp3) is 0.444. The fourth-order valence-corrected chi connectivity index (χ4v) is 1.70. The minimum atomic E-state index is -0.789. The number of nitrogens with one attached hydrogen (secondary N) is 1. The van der Waals surface area contributed by atoms with Crippen LogP contribution in [0.25, 0.3) is 0 Å². The van der Waals surface area contributed by atoms with Crippen molar-refractivity contribution in [2.24, 2.45) is 5.92 Å². The second-order valence-electron chi connectivity index (χ2n) is 3.54. The summed E-state index contributed by atoms with van der Waals surface area (Å²) in [5.74, 6) is -0.601. The quantitative estimate of drug-likeness (QED) is 0.697. The Bertz CT molecular complexity index is 429. The third-order valence-electron chi connectivity index (χ3n) is 2.53. The second-order valence-corrected chi connectivity index (χ2v) is 3.54. The number of aromatic amines is 1. The molecular weight excluding hydrogens is 198 g/mol. The Morgan fingerprint density at radius 3 is 3.07 bits per heavy atom. The van der Waals surface area contributed by atoms with Crippen LogP contribution in [0.3, 0.4) is 0 Å². The highest BCUT2D eigenvalue weighted by molar-refractivity contribution is 5.71. The molecule has 1 unspecified atom stereocenters. The van der Waals surface area contributed by atoms with Gasteiger partial charge in [0.25, 0.3) is 5.56 Å². The van der Waals surface area contributed by atoms with Crippen molar-refractivity contribution < 1.29 is 9.90 Å². The molecule has 1 saturated heterocycles. The normalized spacial score (nSPS) is 20.5. The first-order chi connectivity index (χ1) is 7.16. The molecule has 2 N–H and O–H groups in total. The first-order valence-electron chi connectivity index (χ1n) is 4.69. The molecule has 1 aliphatic heterocycles. The van der Waals surface area contributed by atoms with E-state index in [4.69, 9.17) is 5.11 Å². The van der Waals surface area contributed by atoms with Crippen LogP contribution in [0.1, 0.15) is 6.42 Å². The Hall–Kier alpha value is -1.85. The van der Waals surface area contributed by atoms with Gasteiger partial charge in [-0.15, -0.1) is 0 Å². The number of aromatic nitrogens is 2. The summed E-state index contributed by atoms with van der Waals surface area (Å²) in [5, 5.41) is 8.82. The van der Waals surface area contributed by atoms with Gasteiger partial charge in [0, 0.05) is 19.2 Å². The van der Waals surface area contributed by atoms with Gasteiger partial charge >= 0.3 is 5.97 Å². The highest BCUT2D eigenvalue weighted by Gasteiger charge is 2.28. The maximum atomic E-state index is 11.0. The number of carboxylic acids is 1. The molecule has 0 radical (unpaired) electrons. The van der Waals surface area contributed by atoms with E-state index in [1.807, 2.05) is 4.90 Å². The Kier molecular flexibility index (Phi) is 2.40. The van der Waals surface area contributed by atoms with Crippen molar-refractivity contribution in [1.82, 2.24) is 9.97 Å². The fourth-order valence-electron chi connectivity index (χ4n) is 1.70. The van der Waals surface area contributed by atoms with E-state index in [0.717, 1.165) is 0 Å². The van der Waals surface area contributed by atoms with Gasteiger partial charge in [-0.25, -0.2) is 4.98 Å². The zero-order chi connectivity index (χ0) is 10.8. The molecule has 0 bridgehead atoms. The summed E-state index contributed by atoms with van der Waals surface area (Å²) in [6.45, 7) is 1.05. The zero-order valence-electron chi connectivity index (χ0n) is 8.01. The highest BCUT2D eigenvalue weighted by atomic mass is 16.4. The first-order valence-corrected chi connectivity index (χ1v) is 4.69. The molecule has 80 valence electrons. The number of nitrogens with zero attached hydrogens (tertiary/aromatic N) is 2. The van der Waals surface area contributed by atoms with E-state index < -0.39 is 5.97 Å². The predicted octanol–water partition coefficient (Wildman–Crippen LogP) is -0.319. The number of anilines is 1. The van der Waals surface area contributed by atoms with Crippen LogP contribution in [0.15, 0.2) is 17.2 Å². The molecule has 1 fully saturated rings. The van der Waals surface area contributed by atoms with Crippen molar-refractivity contribution in [2.75, 3.05) is 18.0 Å². The van der Waals surface area contributed by atoms with Crippen molar-refractivity contribution in [2.45, 2.75) is 6.42 Å². The number of carbonyl (C=O) groups is 1. The van der Waals surface area contributed by atoms with Gasteiger partial charge in [-0.05, 0) is 6.42 Å². The predicted molar refractivity (Wildman–Crippen MR) is 52.8 cm³/mol. The standard InChI is InChI=1S/C9H11N3O3/c13-8-3-7(10-5-11-8)12-2-1-6(4-12)9(14)15/h3,5-6H,1-2,4H2,(H,14,15)(H,10,11,13). The van der Waals surface area contributed by atoms with Gasteiger partial charge in [-0.2, -0.15) is 0 Å². The lowest BCUT2D eigenvalue weighted by atomic mass is 10.1. The maximum Gasteiger partial charge on any atom is 0.308 e. The second kappa shape index (κ2) is 3.72. The van der Waals surface area contributed by atoms with Crippen molar-refractivity contribution in [3.05, 3.63) is 22.7 Å². The number of rotatable bonds is 2. The van der Waals surface area contributed by atoms with Gasteiger partial charge < -0.3 is 15.0 Å². The molecule has 0 spiro atoms. The molecule has 2 heterocycles. The van der Waals surface area contributed by atoms with Crippen LogP contribution < -0.4 is 10.5 Å². The molecule has 2 rings (SSSR count). The molecule has 0 aromatic carbocycles. The molecule has 6 heteroatoms. The monoisotopic (exact) mass is 209 g/mol. The molecule has 0 aliphatic carbocycles. The van der Waals surface area contributed by atoms with E-state index in [2.05, 4.69) is 9.97 Å². The number of H-pyrrole nitrogens is 1. The Morgan fingerprint density at radius 1 is 1.67 bits per heavy atom. The smallest absolute Gasteiger partial charge is 0.308 e. The number of hydrogen-bond donors (Lipinski definition) is 2. The third kappa shape index (κ3) is 1.98. The molecule has 1 aromatic rings. The summed E-state index contributed by atoms with van der Waals surface area (Å²) < 4.78 is 0. The van der Waals surface area contributed by atoms with E-state index in [-0.39, 0.29) is 11.5 Å². The molecule has 1 atom stereocenters. The van der Waals surface area contributed by atoms with E-state index in [1.54, 1.807) is 0 Å². The van der Waals surface area contributed by atoms with Crippen LogP contribution in [0.4, 0.5) is 5.82 Å². The number of hydrogen-bond acceptors (Lipinski definition) is 4. The highest BCUT2D eigenvalue weighted by Crippen LogP contribution is 2.20. The molecular formula is C9H11N3O3. The van der Waals surface area contributed by atoms with Gasteiger partial charge in [0.05, 0.1) is 12.2 Å². The summed E-state index contributed by atoms with van der Waals surface area (Å²) in [4.78, 5) is 30.0. The Morgan fingerprint density at radius 2 is 2.47 bits per heavy atom. The largest absolute Gasteiger partial charge is 0.481 e. The summed E-state index contributed by atoms with van der Waals surface area (Å²) in [6.07, 6.45) is 1.93. The van der Waals surface area contributed by atoms with Crippen molar-refractivity contribution in [3.63, 3.8) is 0 Å². The van der Waals surface area contributed by atoms with Crippen molar-refractivity contribution in [1.29, 1.82) is 0 Å². The van der Waals surface area contributed by atoms with E-state index in [0.29, 0.717) is 25.3 Å². The number of aliphatic carboxylic acids is 1. The van der Waals surface area contributed by atoms with Crippen molar-refractivity contribution >= 4 is 11.8 Å². The lowest BCUT2D eigenvalue weighted by Gasteiger charge is -2.15. The first kappa shape index (κ1) is 9.70. The van der Waals surface area contributed by atoms with Gasteiger partial charge in [-0.3, -0.25) is 9.59 Å². The summed E-state index contributed by atoms with van der Waals surface area (Å²) in [5.41, 5.74) is -0.223. The summed E-state index contributed by atoms with van der Waals surface area (Å²) in [7, 11) is 0. The van der Waals surface area contributed by atoms with Gasteiger partial charge in [0.15, 0.2) is 0 Å². The van der Waals surface area contributed by atoms with Crippen LogP contribution in [0.5, 0.6) is 0 Å². The molecule has 6 nitrogen and oxygen atoms in total. The van der Waals surface area contributed by atoms with E-state index in [1.165, 1.54) is 12.4 Å². The SMILES string of the molecule is O=C(O)C1CCN(c2cc(=O)[nH]cn2)C1. The van der Waals surface area contributed by atoms with Crippen LogP contribution >= 0.6 is 0 Å².